The van der Waals surface area contributed by atoms with Crippen LogP contribution in [-0.2, 0) is 0 Å². The Morgan fingerprint density at radius 2 is 1.74 bits per heavy atom. The molecule has 0 unspecified atom stereocenters. The number of nitrogens with two attached hydrogens (primary N) is 1. The molecule has 0 aliphatic heterocycles. The van der Waals surface area contributed by atoms with Gasteiger partial charge in [-0.2, -0.15) is 0 Å². The Bertz CT molecular complexity index is 740. The fourth-order valence-corrected chi connectivity index (χ4v) is 1.99. The Labute approximate surface area is 109 Å². The first-order valence-electron chi connectivity index (χ1n) is 5.90. The predicted octanol–water partition coefficient (Wildman–Crippen LogP) is 3.70. The first-order valence-corrected chi connectivity index (χ1v) is 5.90. The number of nitrogen functional groups attached to an aromatic ring is 1. The van der Waals surface area contributed by atoms with Gasteiger partial charge in [-0.1, -0.05) is 30.3 Å². The van der Waals surface area contributed by atoms with Crippen LogP contribution in [0.15, 0.2) is 54.7 Å². The van der Waals surface area contributed by atoms with Crippen LogP contribution in [0.5, 0.6) is 0 Å². The van der Waals surface area contributed by atoms with Crippen molar-refractivity contribution in [2.75, 3.05) is 11.1 Å². The topological polar surface area (TPSA) is 50.9 Å². The summed E-state index contributed by atoms with van der Waals surface area (Å²) in [5, 5.41) is 3.91. The summed E-state index contributed by atoms with van der Waals surface area (Å²) in [4.78, 5) is 4.25. The fourth-order valence-electron chi connectivity index (χ4n) is 1.99. The summed E-state index contributed by atoms with van der Waals surface area (Å²) in [7, 11) is 0. The van der Waals surface area contributed by atoms with Crippen LogP contribution < -0.4 is 11.1 Å². The van der Waals surface area contributed by atoms with Crippen molar-refractivity contribution >= 4 is 28.0 Å². The van der Waals surface area contributed by atoms with E-state index in [-0.39, 0.29) is 5.82 Å². The van der Waals surface area contributed by atoms with E-state index < -0.39 is 0 Å². The van der Waals surface area contributed by atoms with Crippen molar-refractivity contribution in [1.29, 1.82) is 0 Å². The van der Waals surface area contributed by atoms with Crippen LogP contribution in [-0.4, -0.2) is 4.98 Å². The minimum atomic E-state index is -0.317. The molecule has 3 aromatic rings. The van der Waals surface area contributed by atoms with Gasteiger partial charge in [0, 0.05) is 5.39 Å². The lowest BCUT2D eigenvalue weighted by atomic mass is 10.1. The van der Waals surface area contributed by atoms with Gasteiger partial charge < -0.3 is 11.1 Å². The molecule has 3 N–H and O–H groups in total. The van der Waals surface area contributed by atoms with Gasteiger partial charge >= 0.3 is 0 Å². The quantitative estimate of drug-likeness (QED) is 0.732. The number of benzene rings is 2. The molecule has 0 saturated heterocycles. The number of hydrogen-bond acceptors (Lipinski definition) is 3. The minimum absolute atomic E-state index is 0.317. The highest BCUT2D eigenvalue weighted by molar-refractivity contribution is 5.98. The van der Waals surface area contributed by atoms with E-state index in [1.165, 1.54) is 6.07 Å². The third kappa shape index (κ3) is 2.08. The van der Waals surface area contributed by atoms with E-state index in [0.717, 1.165) is 10.9 Å². The van der Waals surface area contributed by atoms with Crippen LogP contribution >= 0.6 is 0 Å². The van der Waals surface area contributed by atoms with E-state index >= 15 is 0 Å². The standard InChI is InChI=1S/C15H12FN3/c16-11-6-2-4-8-14(11)19-15-10-5-1-3-7-13(10)18-9-12(15)17/h1-9H,17H2,(H,18,19). The highest BCUT2D eigenvalue weighted by Gasteiger charge is 2.08. The Morgan fingerprint density at radius 3 is 2.58 bits per heavy atom. The van der Waals surface area contributed by atoms with Crippen LogP contribution in [0, 0.1) is 5.82 Å². The number of nitrogens with one attached hydrogen (secondary N) is 1. The van der Waals surface area contributed by atoms with E-state index in [0.29, 0.717) is 17.1 Å². The van der Waals surface area contributed by atoms with E-state index in [2.05, 4.69) is 10.3 Å². The fraction of sp³-hybridized carbons (Fsp3) is 0. The molecule has 0 aliphatic carbocycles. The SMILES string of the molecule is Nc1cnc2ccccc2c1Nc1ccccc1F. The zero-order valence-electron chi connectivity index (χ0n) is 10.1. The molecule has 0 atom stereocenters. The largest absolute Gasteiger partial charge is 0.396 e. The number of aromatic nitrogens is 1. The molecule has 0 radical (unpaired) electrons. The summed E-state index contributed by atoms with van der Waals surface area (Å²) < 4.78 is 13.7. The highest BCUT2D eigenvalue weighted by Crippen LogP contribution is 2.31. The van der Waals surface area contributed by atoms with Gasteiger partial charge in [-0.3, -0.25) is 4.98 Å². The van der Waals surface area contributed by atoms with Gasteiger partial charge in [0.1, 0.15) is 5.82 Å². The molecule has 19 heavy (non-hydrogen) atoms. The molecule has 4 heteroatoms. The second-order valence-corrected chi connectivity index (χ2v) is 4.21. The second-order valence-electron chi connectivity index (χ2n) is 4.21. The molecule has 94 valence electrons. The molecule has 0 fully saturated rings. The van der Waals surface area contributed by atoms with Crippen molar-refractivity contribution in [1.82, 2.24) is 4.98 Å². The van der Waals surface area contributed by atoms with Gasteiger partial charge in [0.25, 0.3) is 0 Å². The number of fused-ring (bicyclic) bond motifs is 1. The Hall–Kier alpha value is -2.62. The Balaban J connectivity index is 2.15. The Morgan fingerprint density at radius 1 is 1.00 bits per heavy atom. The Kier molecular flexibility index (Phi) is 2.76. The molecule has 0 amide bonds. The van der Waals surface area contributed by atoms with Crippen LogP contribution in [0.25, 0.3) is 10.9 Å². The smallest absolute Gasteiger partial charge is 0.146 e. The number of halogens is 1. The third-order valence-electron chi connectivity index (χ3n) is 2.94. The lowest BCUT2D eigenvalue weighted by Crippen LogP contribution is -2.00. The lowest BCUT2D eigenvalue weighted by molar-refractivity contribution is 0.632. The monoisotopic (exact) mass is 253 g/mol. The van der Waals surface area contributed by atoms with E-state index in [1.54, 1.807) is 24.4 Å². The first-order chi connectivity index (χ1) is 9.25. The molecule has 0 aliphatic rings. The van der Waals surface area contributed by atoms with Crippen molar-refractivity contribution < 1.29 is 4.39 Å². The highest BCUT2D eigenvalue weighted by atomic mass is 19.1. The zero-order valence-corrected chi connectivity index (χ0v) is 10.1. The average Bonchev–Trinajstić information content (AvgIpc) is 2.44. The molecular weight excluding hydrogens is 241 g/mol. The summed E-state index contributed by atoms with van der Waals surface area (Å²) in [6, 6.07) is 14.1. The molecule has 3 rings (SSSR count). The predicted molar refractivity (Wildman–Crippen MR) is 75.8 cm³/mol. The van der Waals surface area contributed by atoms with E-state index in [4.69, 9.17) is 5.73 Å². The molecule has 2 aromatic carbocycles. The molecule has 0 spiro atoms. The van der Waals surface area contributed by atoms with Gasteiger partial charge in [0.15, 0.2) is 0 Å². The first kappa shape index (κ1) is 11.5. The van der Waals surface area contributed by atoms with Crippen molar-refractivity contribution in [2.45, 2.75) is 0 Å². The van der Waals surface area contributed by atoms with Crippen molar-refractivity contribution in [3.05, 3.63) is 60.5 Å². The summed E-state index contributed by atoms with van der Waals surface area (Å²) >= 11 is 0. The number of pyridine rings is 1. The van der Waals surface area contributed by atoms with E-state index in [9.17, 15) is 4.39 Å². The summed E-state index contributed by atoms with van der Waals surface area (Å²) in [6.45, 7) is 0. The molecule has 0 bridgehead atoms. The third-order valence-corrected chi connectivity index (χ3v) is 2.94. The van der Waals surface area contributed by atoms with Crippen molar-refractivity contribution in [3.8, 4) is 0 Å². The zero-order chi connectivity index (χ0) is 13.2. The summed E-state index contributed by atoms with van der Waals surface area (Å²) in [5.41, 5.74) is 8.31. The van der Waals surface area contributed by atoms with Gasteiger partial charge in [0.2, 0.25) is 0 Å². The van der Waals surface area contributed by atoms with Crippen LogP contribution in [0.2, 0.25) is 0 Å². The number of hydrogen-bond donors (Lipinski definition) is 2. The van der Waals surface area contributed by atoms with Gasteiger partial charge in [-0.15, -0.1) is 0 Å². The summed E-state index contributed by atoms with van der Waals surface area (Å²) in [6.07, 6.45) is 1.57. The molecule has 1 aromatic heterocycles. The van der Waals surface area contributed by atoms with Crippen molar-refractivity contribution in [2.24, 2.45) is 0 Å². The minimum Gasteiger partial charge on any atom is -0.396 e. The maximum atomic E-state index is 13.7. The number of rotatable bonds is 2. The molecule has 0 saturated carbocycles. The molecule has 3 nitrogen and oxygen atoms in total. The van der Waals surface area contributed by atoms with E-state index in [1.807, 2.05) is 24.3 Å². The molecule has 1 heterocycles. The van der Waals surface area contributed by atoms with Crippen molar-refractivity contribution in [3.63, 3.8) is 0 Å². The number of anilines is 3. The normalized spacial score (nSPS) is 10.6. The van der Waals surface area contributed by atoms with Crippen LogP contribution in [0.3, 0.4) is 0 Å². The van der Waals surface area contributed by atoms with Gasteiger partial charge in [-0.25, -0.2) is 4.39 Å². The van der Waals surface area contributed by atoms with Crippen LogP contribution in [0.1, 0.15) is 0 Å². The maximum absolute atomic E-state index is 13.7. The van der Waals surface area contributed by atoms with Gasteiger partial charge in [0.05, 0.1) is 28.8 Å². The maximum Gasteiger partial charge on any atom is 0.146 e. The molecular formula is C15H12FN3. The second kappa shape index (κ2) is 4.57. The summed E-state index contributed by atoms with van der Waals surface area (Å²) in [5.74, 6) is -0.317. The van der Waals surface area contributed by atoms with Gasteiger partial charge in [-0.05, 0) is 18.2 Å². The van der Waals surface area contributed by atoms with Crippen LogP contribution in [0.4, 0.5) is 21.5 Å². The average molecular weight is 253 g/mol. The lowest BCUT2D eigenvalue weighted by Gasteiger charge is -2.12. The number of para-hydroxylation sites is 2. The number of nitrogens with zero attached hydrogens (tertiary/aromatic N) is 1.